The first-order valence-electron chi connectivity index (χ1n) is 7.20. The van der Waals surface area contributed by atoms with E-state index in [-0.39, 0.29) is 17.8 Å². The number of halogens is 2. The molecule has 0 fully saturated rings. The second-order valence-corrected chi connectivity index (χ2v) is 6.25. The zero-order valence-electron chi connectivity index (χ0n) is 12.7. The molecule has 24 heavy (non-hydrogen) atoms. The van der Waals surface area contributed by atoms with Crippen molar-refractivity contribution >= 4 is 33.1 Å². The van der Waals surface area contributed by atoms with Crippen LogP contribution in [0.1, 0.15) is 11.8 Å². The third kappa shape index (κ3) is 3.18. The minimum atomic E-state index is -0.754. The van der Waals surface area contributed by atoms with E-state index < -0.39 is 17.5 Å². The molecule has 0 radical (unpaired) electrons. The molecule has 0 spiro atoms. The lowest BCUT2D eigenvalue weighted by molar-refractivity contribution is -0.116. The first-order valence-corrected chi connectivity index (χ1v) is 8.02. The minimum Gasteiger partial charge on any atom is -0.322 e. The molecule has 0 aliphatic heterocycles. The van der Waals surface area contributed by atoms with Gasteiger partial charge in [-0.3, -0.25) is 14.2 Å². The van der Waals surface area contributed by atoms with Crippen molar-refractivity contribution < 1.29 is 13.6 Å². The molecule has 0 aliphatic carbocycles. The molecule has 5 nitrogen and oxygen atoms in total. The molecule has 0 unspecified atom stereocenters. The molecule has 2 aromatic heterocycles. The first-order chi connectivity index (χ1) is 11.5. The third-order valence-corrected chi connectivity index (χ3v) is 4.62. The van der Waals surface area contributed by atoms with Crippen LogP contribution < -0.4 is 10.9 Å². The summed E-state index contributed by atoms with van der Waals surface area (Å²) in [6.45, 7) is 1.64. The van der Waals surface area contributed by atoms with E-state index in [1.165, 1.54) is 17.7 Å². The van der Waals surface area contributed by atoms with Gasteiger partial charge in [0.1, 0.15) is 23.0 Å². The minimum absolute atomic E-state index is 0.272. The van der Waals surface area contributed by atoms with E-state index in [0.29, 0.717) is 10.2 Å². The molecule has 124 valence electrons. The quantitative estimate of drug-likeness (QED) is 0.788. The van der Waals surface area contributed by atoms with E-state index in [1.54, 1.807) is 6.07 Å². The van der Waals surface area contributed by atoms with Crippen LogP contribution in [-0.2, 0) is 17.8 Å². The van der Waals surface area contributed by atoms with Crippen LogP contribution in [0.5, 0.6) is 0 Å². The summed E-state index contributed by atoms with van der Waals surface area (Å²) in [5, 5.41) is 2.70. The van der Waals surface area contributed by atoms with Crippen molar-refractivity contribution in [3.63, 3.8) is 0 Å². The van der Waals surface area contributed by atoms with Crippen molar-refractivity contribution in [2.45, 2.75) is 19.9 Å². The molecule has 2 heterocycles. The fourth-order valence-electron chi connectivity index (χ4n) is 2.23. The highest BCUT2D eigenvalue weighted by Gasteiger charge is 2.12. The summed E-state index contributed by atoms with van der Waals surface area (Å²) in [7, 11) is 0. The van der Waals surface area contributed by atoms with Crippen LogP contribution in [0.15, 0.2) is 35.4 Å². The topological polar surface area (TPSA) is 64.0 Å². The fraction of sp³-hybridized carbons (Fsp3) is 0.188. The Morgan fingerprint density at radius 3 is 2.88 bits per heavy atom. The van der Waals surface area contributed by atoms with E-state index in [1.807, 2.05) is 6.92 Å². The van der Waals surface area contributed by atoms with Crippen LogP contribution in [0.4, 0.5) is 14.5 Å². The zero-order chi connectivity index (χ0) is 17.3. The van der Waals surface area contributed by atoms with E-state index in [9.17, 15) is 18.4 Å². The summed E-state index contributed by atoms with van der Waals surface area (Å²) >= 11 is 1.43. The number of amides is 1. The van der Waals surface area contributed by atoms with Gasteiger partial charge in [-0.25, -0.2) is 13.8 Å². The highest BCUT2D eigenvalue weighted by Crippen LogP contribution is 2.21. The van der Waals surface area contributed by atoms with Gasteiger partial charge in [0, 0.05) is 10.9 Å². The Morgan fingerprint density at radius 1 is 1.33 bits per heavy atom. The number of nitrogens with one attached hydrogen (secondary N) is 1. The maximum atomic E-state index is 13.5. The number of aryl methyl sites for hydroxylation is 1. The number of anilines is 1. The molecule has 8 heteroatoms. The molecular formula is C16H13F2N3O2S. The molecule has 0 atom stereocenters. The lowest BCUT2D eigenvalue weighted by Crippen LogP contribution is -2.27. The first kappa shape index (κ1) is 16.3. The van der Waals surface area contributed by atoms with Crippen molar-refractivity contribution in [2.24, 2.45) is 0 Å². The smallest absolute Gasteiger partial charge is 0.262 e. The van der Waals surface area contributed by atoms with Crippen molar-refractivity contribution in [3.05, 3.63) is 57.5 Å². The standard InChI is InChI=1S/C16H13F2N3O2S/c1-2-10-6-11-15(24-10)19-8-21(16(11)23)7-14(22)20-13-5-9(17)3-4-12(13)18/h3-6,8H,2,7H2,1H3,(H,20,22). The molecule has 1 amide bonds. The normalized spacial score (nSPS) is 11.0. The second kappa shape index (κ2) is 6.48. The molecule has 0 saturated heterocycles. The summed E-state index contributed by atoms with van der Waals surface area (Å²) in [6.07, 6.45) is 2.07. The van der Waals surface area contributed by atoms with Gasteiger partial charge in [0.25, 0.3) is 5.56 Å². The molecule has 1 aromatic carbocycles. The molecule has 1 N–H and O–H groups in total. The molecule has 3 aromatic rings. The van der Waals surface area contributed by atoms with Crippen LogP contribution in [-0.4, -0.2) is 15.5 Å². The van der Waals surface area contributed by atoms with Gasteiger partial charge in [0.2, 0.25) is 5.91 Å². The van der Waals surface area contributed by atoms with E-state index >= 15 is 0 Å². The van der Waals surface area contributed by atoms with Crippen LogP contribution >= 0.6 is 11.3 Å². The van der Waals surface area contributed by atoms with E-state index in [4.69, 9.17) is 0 Å². The fourth-order valence-corrected chi connectivity index (χ4v) is 3.16. The van der Waals surface area contributed by atoms with Crippen molar-refractivity contribution in [3.8, 4) is 0 Å². The highest BCUT2D eigenvalue weighted by molar-refractivity contribution is 7.18. The summed E-state index contributed by atoms with van der Waals surface area (Å²) in [5.74, 6) is -2.07. The van der Waals surface area contributed by atoms with E-state index in [2.05, 4.69) is 10.3 Å². The number of fused-ring (bicyclic) bond motifs is 1. The summed E-state index contributed by atoms with van der Waals surface area (Å²) in [6, 6.07) is 4.51. The Kier molecular flexibility index (Phi) is 4.39. The van der Waals surface area contributed by atoms with Gasteiger partial charge >= 0.3 is 0 Å². The number of rotatable bonds is 4. The van der Waals surface area contributed by atoms with Crippen LogP contribution in [0.25, 0.3) is 10.2 Å². The zero-order valence-corrected chi connectivity index (χ0v) is 13.5. The molecular weight excluding hydrogens is 336 g/mol. The number of nitrogens with zero attached hydrogens (tertiary/aromatic N) is 2. The Bertz CT molecular complexity index is 981. The lowest BCUT2D eigenvalue weighted by atomic mass is 10.3. The largest absolute Gasteiger partial charge is 0.322 e. The average Bonchev–Trinajstić information content (AvgIpc) is 2.98. The van der Waals surface area contributed by atoms with Crippen molar-refractivity contribution in [1.82, 2.24) is 9.55 Å². The molecule has 3 rings (SSSR count). The monoisotopic (exact) mass is 349 g/mol. The number of carbonyl (C=O) groups is 1. The van der Waals surface area contributed by atoms with Crippen molar-refractivity contribution in [2.75, 3.05) is 5.32 Å². The number of carbonyl (C=O) groups excluding carboxylic acids is 1. The predicted molar refractivity (Wildman–Crippen MR) is 88.2 cm³/mol. The van der Waals surface area contributed by atoms with Crippen LogP contribution in [0.2, 0.25) is 0 Å². The van der Waals surface area contributed by atoms with Crippen LogP contribution in [0, 0.1) is 11.6 Å². The maximum Gasteiger partial charge on any atom is 0.262 e. The molecule has 0 saturated carbocycles. The lowest BCUT2D eigenvalue weighted by Gasteiger charge is -2.08. The Labute approximate surface area is 139 Å². The Hall–Kier alpha value is -2.61. The van der Waals surface area contributed by atoms with Gasteiger partial charge in [0.15, 0.2) is 0 Å². The van der Waals surface area contributed by atoms with Gasteiger partial charge in [-0.2, -0.15) is 0 Å². The molecule has 0 bridgehead atoms. The van der Waals surface area contributed by atoms with Crippen LogP contribution in [0.3, 0.4) is 0 Å². The number of thiophene rings is 1. The van der Waals surface area contributed by atoms with Gasteiger partial charge in [-0.15, -0.1) is 11.3 Å². The molecule has 0 aliphatic rings. The second-order valence-electron chi connectivity index (χ2n) is 5.14. The number of hydrogen-bond acceptors (Lipinski definition) is 4. The Morgan fingerprint density at radius 2 is 2.12 bits per heavy atom. The predicted octanol–water partition coefficient (Wildman–Crippen LogP) is 2.94. The van der Waals surface area contributed by atoms with Gasteiger partial charge in [-0.05, 0) is 24.6 Å². The van der Waals surface area contributed by atoms with Gasteiger partial charge in [0.05, 0.1) is 17.4 Å². The SMILES string of the molecule is CCc1cc2c(=O)n(CC(=O)Nc3cc(F)ccc3F)cnc2s1. The van der Waals surface area contributed by atoms with Gasteiger partial charge < -0.3 is 5.32 Å². The van der Waals surface area contributed by atoms with Gasteiger partial charge in [-0.1, -0.05) is 6.92 Å². The van der Waals surface area contributed by atoms with E-state index in [0.717, 1.165) is 34.1 Å². The highest BCUT2D eigenvalue weighted by atomic mass is 32.1. The summed E-state index contributed by atoms with van der Waals surface area (Å²) in [4.78, 5) is 30.2. The summed E-state index contributed by atoms with van der Waals surface area (Å²) < 4.78 is 27.8. The summed E-state index contributed by atoms with van der Waals surface area (Å²) in [5.41, 5.74) is -0.614. The number of hydrogen-bond donors (Lipinski definition) is 1. The number of aromatic nitrogens is 2. The van der Waals surface area contributed by atoms with Crippen molar-refractivity contribution in [1.29, 1.82) is 0 Å². The maximum absolute atomic E-state index is 13.5. The number of benzene rings is 1. The Balaban J connectivity index is 1.84. The third-order valence-electron chi connectivity index (χ3n) is 3.43. The average molecular weight is 349 g/mol.